The van der Waals surface area contributed by atoms with E-state index in [1.54, 1.807) is 4.90 Å². The van der Waals surface area contributed by atoms with Crippen LogP contribution in [0.4, 0.5) is 18.9 Å². The number of hydrogen-bond donors (Lipinski definition) is 0. The van der Waals surface area contributed by atoms with Crippen molar-refractivity contribution < 1.29 is 18.0 Å². The maximum Gasteiger partial charge on any atom is 0.416 e. The van der Waals surface area contributed by atoms with Crippen LogP contribution in [-0.2, 0) is 17.4 Å². The number of anilines is 1. The molecule has 0 saturated carbocycles. The number of carbonyl (C=O) groups excluding carboxylic acids is 1. The first-order valence-electron chi connectivity index (χ1n) is 13.4. The van der Waals surface area contributed by atoms with Gasteiger partial charge in [0.1, 0.15) is 11.3 Å². The third-order valence-corrected chi connectivity index (χ3v) is 8.04. The van der Waals surface area contributed by atoms with Gasteiger partial charge in [0.05, 0.1) is 22.7 Å². The molecular weight excluding hydrogens is 580 g/mol. The molecule has 216 valence electrons. The standard InChI is InChI=1S/C31H28F3N5OS2/c1-19(2)25-14-4-20(3)16-26(25)39-28(40)17-42-30(39)36-27(41)15-7-21-5-8-22(9-6-21)29-35-18-38(37-29)24-12-10-23(11-13-24)31(32,33)34/h4-6,8-14,16,18-19H,7,15,17H2,1-3H3. The van der Waals surface area contributed by atoms with Crippen LogP contribution in [0.25, 0.3) is 17.1 Å². The fourth-order valence-electron chi connectivity index (χ4n) is 4.57. The Hall–Kier alpha value is -3.83. The highest BCUT2D eigenvalue weighted by molar-refractivity contribution is 8.15. The molecule has 0 spiro atoms. The Morgan fingerprint density at radius 1 is 1.07 bits per heavy atom. The summed E-state index contributed by atoms with van der Waals surface area (Å²) in [7, 11) is 0. The highest BCUT2D eigenvalue weighted by atomic mass is 32.2. The number of aryl methyl sites for hydroxylation is 2. The van der Waals surface area contributed by atoms with Gasteiger partial charge in [0.2, 0.25) is 5.91 Å². The maximum atomic E-state index is 12.8. The van der Waals surface area contributed by atoms with Gasteiger partial charge in [-0.05, 0) is 66.3 Å². The van der Waals surface area contributed by atoms with Crippen LogP contribution in [0.2, 0.25) is 0 Å². The van der Waals surface area contributed by atoms with Gasteiger partial charge in [-0.1, -0.05) is 74.2 Å². The summed E-state index contributed by atoms with van der Waals surface area (Å²) in [5.74, 6) is 1.04. The molecule has 1 aromatic heterocycles. The van der Waals surface area contributed by atoms with Gasteiger partial charge in [-0.15, -0.1) is 5.10 Å². The number of benzene rings is 3. The van der Waals surface area contributed by atoms with Gasteiger partial charge < -0.3 is 0 Å². The number of nitrogens with zero attached hydrogens (tertiary/aromatic N) is 5. The lowest BCUT2D eigenvalue weighted by atomic mass is 9.99. The predicted octanol–water partition coefficient (Wildman–Crippen LogP) is 7.78. The fourth-order valence-corrected chi connectivity index (χ4v) is 5.71. The molecule has 11 heteroatoms. The SMILES string of the molecule is Cc1ccc(C(C)C)c(N2C(=O)CSC2=NC(=S)CCc2ccc(-c3ncn(-c4ccc(C(F)(F)F)cc4)n3)cc2)c1. The summed E-state index contributed by atoms with van der Waals surface area (Å²) in [5.41, 5.74) is 4.63. The maximum absolute atomic E-state index is 12.8. The number of aliphatic imine (C=N–C) groups is 1. The number of carbonyl (C=O) groups is 1. The molecule has 0 N–H and O–H groups in total. The lowest BCUT2D eigenvalue weighted by Crippen LogP contribution is -2.31. The van der Waals surface area contributed by atoms with Gasteiger partial charge in [0.25, 0.3) is 0 Å². The van der Waals surface area contributed by atoms with E-state index in [1.807, 2.05) is 37.3 Å². The summed E-state index contributed by atoms with van der Waals surface area (Å²) in [4.78, 5) is 24.1. The Balaban J connectivity index is 1.23. The monoisotopic (exact) mass is 607 g/mol. The summed E-state index contributed by atoms with van der Waals surface area (Å²) in [5, 5.41) is 5.03. The Morgan fingerprint density at radius 3 is 2.45 bits per heavy atom. The molecule has 0 atom stereocenters. The van der Waals surface area contributed by atoms with Gasteiger partial charge in [0, 0.05) is 12.0 Å². The lowest BCUT2D eigenvalue weighted by molar-refractivity contribution is -0.137. The van der Waals surface area contributed by atoms with Gasteiger partial charge in [0.15, 0.2) is 11.0 Å². The number of amidine groups is 1. The number of rotatable bonds is 7. The average Bonchev–Trinajstić information content (AvgIpc) is 3.59. The number of halogens is 3. The topological polar surface area (TPSA) is 63.4 Å². The van der Waals surface area contributed by atoms with Gasteiger partial charge in [-0.25, -0.2) is 14.7 Å². The summed E-state index contributed by atoms with van der Waals surface area (Å²) < 4.78 is 40.0. The second-order valence-corrected chi connectivity index (χ2v) is 11.7. The van der Waals surface area contributed by atoms with Crippen LogP contribution in [0.5, 0.6) is 0 Å². The molecule has 1 aliphatic rings. The van der Waals surface area contributed by atoms with E-state index in [0.29, 0.717) is 40.3 Å². The first-order valence-corrected chi connectivity index (χ1v) is 14.8. The Morgan fingerprint density at radius 2 is 1.79 bits per heavy atom. The summed E-state index contributed by atoms with van der Waals surface area (Å²) in [6.45, 7) is 6.22. The second-order valence-electron chi connectivity index (χ2n) is 10.3. The fraction of sp³-hybridized carbons (Fsp3) is 0.258. The molecule has 1 fully saturated rings. The van der Waals surface area contributed by atoms with Crippen molar-refractivity contribution in [1.82, 2.24) is 14.8 Å². The summed E-state index contributed by atoms with van der Waals surface area (Å²) in [6, 6.07) is 18.6. The molecule has 4 aromatic rings. The van der Waals surface area contributed by atoms with Crippen molar-refractivity contribution in [3.05, 3.63) is 95.3 Å². The van der Waals surface area contributed by atoms with Crippen molar-refractivity contribution in [2.24, 2.45) is 4.99 Å². The Labute approximate surface area is 251 Å². The normalized spacial score (nSPS) is 14.8. The number of thioether (sulfide) groups is 1. The third-order valence-electron chi connectivity index (χ3n) is 6.83. The van der Waals surface area contributed by atoms with Crippen molar-refractivity contribution in [2.45, 2.75) is 45.7 Å². The summed E-state index contributed by atoms with van der Waals surface area (Å²) >= 11 is 7.00. The second kappa shape index (κ2) is 12.2. The Bertz CT molecular complexity index is 1640. The molecule has 0 aliphatic carbocycles. The molecule has 0 unspecified atom stereocenters. The van der Waals surface area contributed by atoms with Gasteiger partial charge in [-0.2, -0.15) is 13.2 Å². The first kappa shape index (κ1) is 29.7. The highest BCUT2D eigenvalue weighted by Crippen LogP contribution is 2.34. The van der Waals surface area contributed by atoms with Crippen LogP contribution in [0.3, 0.4) is 0 Å². The first-order chi connectivity index (χ1) is 20.0. The molecule has 0 radical (unpaired) electrons. The third kappa shape index (κ3) is 6.63. The van der Waals surface area contributed by atoms with Crippen LogP contribution >= 0.6 is 24.0 Å². The van der Waals surface area contributed by atoms with E-state index in [-0.39, 0.29) is 11.8 Å². The highest BCUT2D eigenvalue weighted by Gasteiger charge is 2.32. The molecule has 0 bridgehead atoms. The van der Waals surface area contributed by atoms with Crippen LogP contribution in [0.1, 0.15) is 48.4 Å². The molecule has 1 aliphatic heterocycles. The van der Waals surface area contributed by atoms with Crippen LogP contribution < -0.4 is 4.90 Å². The van der Waals surface area contributed by atoms with E-state index in [9.17, 15) is 18.0 Å². The Kier molecular flexibility index (Phi) is 8.60. The van der Waals surface area contributed by atoms with Crippen LogP contribution in [0.15, 0.2) is 78.0 Å². The average molecular weight is 608 g/mol. The van der Waals surface area contributed by atoms with E-state index >= 15 is 0 Å². The molecule has 5 rings (SSSR count). The van der Waals surface area contributed by atoms with Crippen molar-refractivity contribution >= 4 is 45.7 Å². The molecule has 2 heterocycles. The van der Waals surface area contributed by atoms with Crippen LogP contribution in [-0.4, -0.2) is 36.6 Å². The number of thiocarbonyl (C=S) groups is 1. The zero-order valence-electron chi connectivity index (χ0n) is 23.2. The minimum atomic E-state index is -4.39. The van der Waals surface area contributed by atoms with E-state index in [1.165, 1.54) is 34.9 Å². The molecule has 42 heavy (non-hydrogen) atoms. The van der Waals surface area contributed by atoms with Crippen molar-refractivity contribution in [3.8, 4) is 17.1 Å². The smallest absolute Gasteiger partial charge is 0.273 e. The van der Waals surface area contributed by atoms with Crippen molar-refractivity contribution in [1.29, 1.82) is 0 Å². The minimum absolute atomic E-state index is 0.000914. The van der Waals surface area contributed by atoms with E-state index in [2.05, 4.69) is 41.1 Å². The predicted molar refractivity (Wildman–Crippen MR) is 165 cm³/mol. The lowest BCUT2D eigenvalue weighted by Gasteiger charge is -2.22. The van der Waals surface area contributed by atoms with Crippen molar-refractivity contribution in [3.63, 3.8) is 0 Å². The largest absolute Gasteiger partial charge is 0.416 e. The molecule has 1 saturated heterocycles. The number of alkyl halides is 3. The quantitative estimate of drug-likeness (QED) is 0.201. The zero-order valence-corrected chi connectivity index (χ0v) is 24.9. The van der Waals surface area contributed by atoms with E-state index in [4.69, 9.17) is 12.2 Å². The number of hydrogen-bond acceptors (Lipinski definition) is 5. The van der Waals surface area contributed by atoms with Gasteiger partial charge in [-0.3, -0.25) is 9.69 Å². The van der Waals surface area contributed by atoms with E-state index in [0.717, 1.165) is 40.1 Å². The molecular formula is C31H28F3N5OS2. The van der Waals surface area contributed by atoms with Crippen LogP contribution in [0, 0.1) is 6.92 Å². The van der Waals surface area contributed by atoms with Gasteiger partial charge >= 0.3 is 6.18 Å². The number of aromatic nitrogens is 3. The zero-order chi connectivity index (χ0) is 30.0. The summed E-state index contributed by atoms with van der Waals surface area (Å²) in [6.07, 6.45) is -1.70. The molecule has 6 nitrogen and oxygen atoms in total. The van der Waals surface area contributed by atoms with Crippen molar-refractivity contribution in [2.75, 3.05) is 10.7 Å². The number of amides is 1. The molecule has 3 aromatic carbocycles. The molecule has 1 amide bonds. The minimum Gasteiger partial charge on any atom is -0.273 e. The van der Waals surface area contributed by atoms with E-state index < -0.39 is 11.7 Å².